The summed E-state index contributed by atoms with van der Waals surface area (Å²) in [5, 5.41) is 9.14. The van der Waals surface area contributed by atoms with Crippen LogP contribution in [-0.2, 0) is 10.0 Å². The van der Waals surface area contributed by atoms with Crippen LogP contribution in [0.15, 0.2) is 27.6 Å². The van der Waals surface area contributed by atoms with Crippen LogP contribution in [0.25, 0.3) is 0 Å². The summed E-state index contributed by atoms with van der Waals surface area (Å²) in [6.45, 7) is 1.53. The first-order valence-corrected chi connectivity index (χ1v) is 7.64. The smallest absolute Gasteiger partial charge is 0.242 e. The van der Waals surface area contributed by atoms with Gasteiger partial charge in [0.1, 0.15) is 4.90 Å². The van der Waals surface area contributed by atoms with Crippen molar-refractivity contribution in [1.29, 1.82) is 0 Å². The summed E-state index contributed by atoms with van der Waals surface area (Å²) < 4.78 is 27.0. The monoisotopic (exact) mass is 341 g/mol. The van der Waals surface area contributed by atoms with Crippen LogP contribution in [0.4, 0.5) is 0 Å². The molecule has 1 aromatic rings. The van der Waals surface area contributed by atoms with Crippen molar-refractivity contribution in [2.24, 2.45) is 0 Å². The number of nitrogens with one attached hydrogen (secondary N) is 1. The van der Waals surface area contributed by atoms with E-state index >= 15 is 0 Å². The van der Waals surface area contributed by atoms with Gasteiger partial charge in [-0.15, -0.1) is 0 Å². The quantitative estimate of drug-likeness (QED) is 0.861. The lowest BCUT2D eigenvalue weighted by Crippen LogP contribution is -2.37. The van der Waals surface area contributed by atoms with E-state index in [9.17, 15) is 8.42 Å². The minimum Gasteiger partial charge on any atom is -0.395 e. The molecule has 96 valence electrons. The van der Waals surface area contributed by atoms with Crippen molar-refractivity contribution in [1.82, 2.24) is 4.72 Å². The highest BCUT2D eigenvalue weighted by Crippen LogP contribution is 2.25. The maximum Gasteiger partial charge on any atom is 0.242 e. The first kappa shape index (κ1) is 14.9. The second-order valence-corrected chi connectivity index (χ2v) is 6.49. The lowest BCUT2D eigenvalue weighted by Gasteiger charge is -2.15. The van der Waals surface area contributed by atoms with Crippen LogP contribution in [0.5, 0.6) is 0 Å². The summed E-state index contributed by atoms with van der Waals surface area (Å²) in [5.74, 6) is 0. The fraction of sp³-hybridized carbons (Fsp3) is 0.400. The molecular formula is C10H13BrClNO3S. The molecule has 0 heterocycles. The van der Waals surface area contributed by atoms with Gasteiger partial charge in [0.25, 0.3) is 0 Å². The first-order valence-electron chi connectivity index (χ1n) is 4.99. The van der Waals surface area contributed by atoms with Gasteiger partial charge in [0.05, 0.1) is 11.6 Å². The van der Waals surface area contributed by atoms with E-state index in [-0.39, 0.29) is 16.5 Å². The van der Waals surface area contributed by atoms with Crippen molar-refractivity contribution in [3.63, 3.8) is 0 Å². The summed E-state index contributed by atoms with van der Waals surface area (Å²) in [7, 11) is -3.71. The zero-order chi connectivity index (χ0) is 13.1. The molecule has 0 amide bonds. The van der Waals surface area contributed by atoms with Crippen LogP contribution in [0.3, 0.4) is 0 Å². The maximum absolute atomic E-state index is 12.0. The molecule has 0 saturated carbocycles. The number of sulfonamides is 1. The van der Waals surface area contributed by atoms with Crippen molar-refractivity contribution in [3.8, 4) is 0 Å². The van der Waals surface area contributed by atoms with Crippen LogP contribution >= 0.6 is 27.5 Å². The molecule has 0 aliphatic rings. The van der Waals surface area contributed by atoms with Crippen LogP contribution in [-0.4, -0.2) is 26.2 Å². The lowest BCUT2D eigenvalue weighted by molar-refractivity contribution is 0.254. The molecule has 0 radical (unpaired) electrons. The molecule has 0 aliphatic heterocycles. The predicted octanol–water partition coefficient (Wildman–Crippen LogP) is 2.15. The highest BCUT2D eigenvalue weighted by Gasteiger charge is 2.21. The Morgan fingerprint density at radius 3 is 2.71 bits per heavy atom. The molecule has 0 bridgehead atoms. The Labute approximate surface area is 114 Å². The van der Waals surface area contributed by atoms with E-state index in [0.717, 1.165) is 0 Å². The van der Waals surface area contributed by atoms with Gasteiger partial charge >= 0.3 is 0 Å². The average Bonchev–Trinajstić information content (AvgIpc) is 2.29. The molecule has 1 atom stereocenters. The van der Waals surface area contributed by atoms with E-state index in [1.807, 2.05) is 0 Å². The van der Waals surface area contributed by atoms with E-state index in [2.05, 4.69) is 20.7 Å². The Morgan fingerprint density at radius 1 is 1.53 bits per heavy atom. The van der Waals surface area contributed by atoms with Gasteiger partial charge in [0.15, 0.2) is 0 Å². The second-order valence-electron chi connectivity index (χ2n) is 3.48. The molecule has 0 fully saturated rings. The summed E-state index contributed by atoms with van der Waals surface area (Å²) in [6.07, 6.45) is 0.501. The highest BCUT2D eigenvalue weighted by molar-refractivity contribution is 9.10. The fourth-order valence-electron chi connectivity index (χ4n) is 1.22. The number of aliphatic hydroxyl groups is 1. The molecular weight excluding hydrogens is 330 g/mol. The van der Waals surface area contributed by atoms with Crippen molar-refractivity contribution < 1.29 is 13.5 Å². The van der Waals surface area contributed by atoms with Gasteiger partial charge in [-0.2, -0.15) is 0 Å². The first-order chi connectivity index (χ1) is 7.90. The topological polar surface area (TPSA) is 66.4 Å². The highest BCUT2D eigenvalue weighted by atomic mass is 79.9. The summed E-state index contributed by atoms with van der Waals surface area (Å²) >= 11 is 9.04. The number of benzene rings is 1. The van der Waals surface area contributed by atoms with Crippen molar-refractivity contribution in [2.75, 3.05) is 6.61 Å². The van der Waals surface area contributed by atoms with E-state index in [0.29, 0.717) is 10.9 Å². The van der Waals surface area contributed by atoms with Gasteiger partial charge < -0.3 is 5.11 Å². The summed E-state index contributed by atoms with van der Waals surface area (Å²) in [4.78, 5) is 0.000409. The van der Waals surface area contributed by atoms with Gasteiger partial charge in [0, 0.05) is 10.5 Å². The molecule has 1 aromatic carbocycles. The largest absolute Gasteiger partial charge is 0.395 e. The number of hydrogen-bond acceptors (Lipinski definition) is 3. The maximum atomic E-state index is 12.0. The van der Waals surface area contributed by atoms with Gasteiger partial charge in [-0.1, -0.05) is 34.5 Å². The van der Waals surface area contributed by atoms with Crippen molar-refractivity contribution in [2.45, 2.75) is 24.3 Å². The van der Waals surface area contributed by atoms with Crippen LogP contribution in [0, 0.1) is 0 Å². The minimum atomic E-state index is -3.71. The van der Waals surface area contributed by atoms with E-state index < -0.39 is 16.1 Å². The predicted molar refractivity (Wildman–Crippen MR) is 70.6 cm³/mol. The molecule has 1 unspecified atom stereocenters. The second kappa shape index (κ2) is 6.15. The van der Waals surface area contributed by atoms with E-state index in [4.69, 9.17) is 16.7 Å². The molecule has 2 N–H and O–H groups in total. The molecule has 7 heteroatoms. The van der Waals surface area contributed by atoms with Crippen LogP contribution in [0.1, 0.15) is 13.3 Å². The third-order valence-corrected chi connectivity index (χ3v) is 4.71. The zero-order valence-electron chi connectivity index (χ0n) is 9.15. The zero-order valence-corrected chi connectivity index (χ0v) is 12.3. The molecule has 0 aromatic heterocycles. The van der Waals surface area contributed by atoms with Gasteiger partial charge in [-0.3, -0.25) is 0 Å². The third kappa shape index (κ3) is 3.93. The minimum absolute atomic E-state index is 0.000409. The standard InChI is InChI=1S/C10H13BrClNO3S/c1-2-8(6-14)13-17(15,16)10-5-7(11)3-4-9(10)12/h3-5,8,13-14H,2,6H2,1H3. The molecule has 0 saturated heterocycles. The number of halogens is 2. The normalized spacial score (nSPS) is 13.6. The fourth-order valence-corrected chi connectivity index (χ4v) is 3.56. The van der Waals surface area contributed by atoms with Crippen molar-refractivity contribution >= 4 is 37.6 Å². The molecule has 4 nitrogen and oxygen atoms in total. The van der Waals surface area contributed by atoms with Crippen LogP contribution in [0.2, 0.25) is 5.02 Å². The Balaban J connectivity index is 3.09. The Morgan fingerprint density at radius 2 is 2.18 bits per heavy atom. The lowest BCUT2D eigenvalue weighted by atomic mass is 10.3. The van der Waals surface area contributed by atoms with E-state index in [1.165, 1.54) is 12.1 Å². The summed E-state index contributed by atoms with van der Waals surface area (Å²) in [5.41, 5.74) is 0. The molecule has 1 rings (SSSR count). The molecule has 17 heavy (non-hydrogen) atoms. The van der Waals surface area contributed by atoms with Gasteiger partial charge in [-0.05, 0) is 24.6 Å². The number of aliphatic hydroxyl groups excluding tert-OH is 1. The van der Waals surface area contributed by atoms with E-state index in [1.54, 1.807) is 13.0 Å². The van der Waals surface area contributed by atoms with Crippen LogP contribution < -0.4 is 4.72 Å². The Kier molecular flexibility index (Phi) is 5.40. The van der Waals surface area contributed by atoms with Gasteiger partial charge in [-0.25, -0.2) is 13.1 Å². The number of hydrogen-bond donors (Lipinski definition) is 2. The van der Waals surface area contributed by atoms with Gasteiger partial charge in [0.2, 0.25) is 10.0 Å². The average molecular weight is 343 g/mol. The number of rotatable bonds is 5. The molecule has 0 aliphatic carbocycles. The summed E-state index contributed by atoms with van der Waals surface area (Å²) in [6, 6.07) is 4.08. The Hall–Kier alpha value is -0.140. The van der Waals surface area contributed by atoms with Crippen molar-refractivity contribution in [3.05, 3.63) is 27.7 Å². The Bertz CT molecular complexity index is 488. The molecule has 0 spiro atoms. The third-order valence-electron chi connectivity index (χ3n) is 2.22. The SMILES string of the molecule is CCC(CO)NS(=O)(=O)c1cc(Br)ccc1Cl.